The predicted molar refractivity (Wildman–Crippen MR) is 66.1 cm³/mol. The number of carbonyl (C=O) groups is 2. The van der Waals surface area contributed by atoms with Crippen LogP contribution in [-0.2, 0) is 4.79 Å². The van der Waals surface area contributed by atoms with Crippen molar-refractivity contribution in [2.24, 2.45) is 0 Å². The van der Waals surface area contributed by atoms with Crippen LogP contribution in [0.1, 0.15) is 24.4 Å². The zero-order chi connectivity index (χ0) is 14.9. The van der Waals surface area contributed by atoms with Crippen molar-refractivity contribution < 1.29 is 23.5 Å². The highest BCUT2D eigenvalue weighted by molar-refractivity contribution is 5.78. The van der Waals surface area contributed by atoms with Gasteiger partial charge >= 0.3 is 6.09 Å². The van der Waals surface area contributed by atoms with Gasteiger partial charge in [0.05, 0.1) is 12.1 Å². The molecular weight excluding hydrogens is 270 g/mol. The first-order chi connectivity index (χ1) is 9.40. The molecule has 2 amide bonds. The van der Waals surface area contributed by atoms with Gasteiger partial charge in [-0.1, -0.05) is 0 Å². The summed E-state index contributed by atoms with van der Waals surface area (Å²) in [7, 11) is 1.45. The van der Waals surface area contributed by atoms with Crippen LogP contribution in [0.2, 0.25) is 0 Å². The highest BCUT2D eigenvalue weighted by atomic mass is 19.1. The molecule has 2 atom stereocenters. The van der Waals surface area contributed by atoms with Gasteiger partial charge in [-0.15, -0.1) is 0 Å². The zero-order valence-electron chi connectivity index (χ0n) is 10.8. The number of halogens is 2. The van der Waals surface area contributed by atoms with Gasteiger partial charge < -0.3 is 15.3 Å². The van der Waals surface area contributed by atoms with Gasteiger partial charge in [0.2, 0.25) is 5.91 Å². The normalized spacial score (nSPS) is 22.8. The molecule has 2 rings (SSSR count). The number of carboxylic acid groups (broad SMARTS) is 1. The van der Waals surface area contributed by atoms with Gasteiger partial charge in [-0.25, -0.2) is 13.6 Å². The summed E-state index contributed by atoms with van der Waals surface area (Å²) in [6, 6.07) is 1.40. The van der Waals surface area contributed by atoms with Crippen molar-refractivity contribution >= 4 is 12.0 Å². The number of rotatable bonds is 2. The summed E-state index contributed by atoms with van der Waals surface area (Å²) >= 11 is 0. The van der Waals surface area contributed by atoms with E-state index in [1.807, 2.05) is 0 Å². The molecule has 1 aliphatic heterocycles. The molecule has 0 aromatic heterocycles. The van der Waals surface area contributed by atoms with Gasteiger partial charge in [-0.2, -0.15) is 0 Å². The molecule has 108 valence electrons. The molecule has 2 N–H and O–H groups in total. The number of likely N-dealkylation sites (tertiary alicyclic amines) is 1. The van der Waals surface area contributed by atoms with Crippen molar-refractivity contribution in [3.8, 4) is 0 Å². The molecule has 0 radical (unpaired) electrons. The van der Waals surface area contributed by atoms with Crippen LogP contribution in [0.4, 0.5) is 13.6 Å². The van der Waals surface area contributed by atoms with Crippen LogP contribution < -0.4 is 5.32 Å². The highest BCUT2D eigenvalue weighted by Gasteiger charge is 2.37. The van der Waals surface area contributed by atoms with Crippen LogP contribution in [0.25, 0.3) is 0 Å². The smallest absolute Gasteiger partial charge is 0.404 e. The Labute approximate surface area is 114 Å². The monoisotopic (exact) mass is 284 g/mol. The fourth-order valence-electron chi connectivity index (χ4n) is 2.51. The fourth-order valence-corrected chi connectivity index (χ4v) is 2.51. The summed E-state index contributed by atoms with van der Waals surface area (Å²) in [5.74, 6) is -1.54. The quantitative estimate of drug-likeness (QED) is 0.871. The second kappa shape index (κ2) is 5.44. The lowest BCUT2D eigenvalue weighted by Crippen LogP contribution is -2.50. The first kappa shape index (κ1) is 14.2. The third-order valence-electron chi connectivity index (χ3n) is 3.45. The number of piperidine rings is 1. The van der Waals surface area contributed by atoms with Crippen LogP contribution in [0.5, 0.6) is 0 Å². The molecule has 7 heteroatoms. The zero-order valence-corrected chi connectivity index (χ0v) is 10.8. The van der Waals surface area contributed by atoms with Crippen molar-refractivity contribution in [3.63, 3.8) is 0 Å². The number of carbonyl (C=O) groups excluding carboxylic acids is 1. The molecule has 1 heterocycles. The van der Waals surface area contributed by atoms with Gasteiger partial charge in [-0.3, -0.25) is 4.79 Å². The fraction of sp³-hybridized carbons (Fsp3) is 0.385. The molecule has 0 unspecified atom stereocenters. The van der Waals surface area contributed by atoms with Gasteiger partial charge in [0, 0.05) is 19.0 Å². The Kier molecular flexibility index (Phi) is 3.87. The van der Waals surface area contributed by atoms with E-state index in [9.17, 15) is 18.4 Å². The Hall–Kier alpha value is -2.18. The maximum absolute atomic E-state index is 13.9. The Morgan fingerprint density at radius 3 is 2.80 bits per heavy atom. The van der Waals surface area contributed by atoms with Gasteiger partial charge in [0.15, 0.2) is 0 Å². The number of amides is 2. The highest BCUT2D eigenvalue weighted by Crippen LogP contribution is 2.32. The van der Waals surface area contributed by atoms with Crippen LogP contribution in [0.15, 0.2) is 18.2 Å². The minimum absolute atomic E-state index is 0.0284. The van der Waals surface area contributed by atoms with E-state index in [-0.39, 0.29) is 24.3 Å². The van der Waals surface area contributed by atoms with E-state index in [2.05, 4.69) is 5.32 Å². The molecule has 1 aromatic rings. The molecule has 0 saturated carbocycles. The van der Waals surface area contributed by atoms with E-state index in [4.69, 9.17) is 5.11 Å². The summed E-state index contributed by atoms with van der Waals surface area (Å²) in [5, 5.41) is 11.1. The second-order valence-corrected chi connectivity index (χ2v) is 4.71. The molecule has 0 aliphatic carbocycles. The standard InChI is InChI=1S/C13H14F2N2O3/c1-17-11(18)5-4-10(16-13(19)20)12(17)8-6-7(14)2-3-9(8)15/h2-3,6,10,12,16H,4-5H2,1H3,(H,19,20)/t10-,12+/m0/s1. The third kappa shape index (κ3) is 2.71. The van der Waals surface area contributed by atoms with E-state index in [0.717, 1.165) is 18.2 Å². The number of nitrogens with one attached hydrogen (secondary N) is 1. The number of hydrogen-bond acceptors (Lipinski definition) is 2. The Morgan fingerprint density at radius 2 is 2.15 bits per heavy atom. The lowest BCUT2D eigenvalue weighted by molar-refractivity contribution is -0.135. The van der Waals surface area contributed by atoms with E-state index in [1.165, 1.54) is 11.9 Å². The van der Waals surface area contributed by atoms with Crippen LogP contribution in [0.3, 0.4) is 0 Å². The number of hydrogen-bond donors (Lipinski definition) is 2. The molecule has 20 heavy (non-hydrogen) atoms. The average Bonchev–Trinajstić information content (AvgIpc) is 2.37. The van der Waals surface area contributed by atoms with E-state index < -0.39 is 29.8 Å². The number of nitrogens with zero attached hydrogens (tertiary/aromatic N) is 1. The predicted octanol–water partition coefficient (Wildman–Crippen LogP) is 1.89. The van der Waals surface area contributed by atoms with Crippen molar-refractivity contribution in [2.75, 3.05) is 7.05 Å². The Bertz CT molecular complexity index is 550. The van der Waals surface area contributed by atoms with Gasteiger partial charge in [-0.05, 0) is 24.6 Å². The number of benzene rings is 1. The van der Waals surface area contributed by atoms with Crippen molar-refractivity contribution in [3.05, 3.63) is 35.4 Å². The van der Waals surface area contributed by atoms with Crippen LogP contribution in [0, 0.1) is 11.6 Å². The maximum atomic E-state index is 13.9. The summed E-state index contributed by atoms with van der Waals surface area (Å²) in [6.45, 7) is 0. The lowest BCUT2D eigenvalue weighted by Gasteiger charge is -2.39. The van der Waals surface area contributed by atoms with Gasteiger partial charge in [0.1, 0.15) is 11.6 Å². The molecule has 1 fully saturated rings. The summed E-state index contributed by atoms with van der Waals surface area (Å²) in [4.78, 5) is 23.8. The first-order valence-corrected chi connectivity index (χ1v) is 6.10. The molecule has 1 aliphatic rings. The Balaban J connectivity index is 2.42. The lowest BCUT2D eigenvalue weighted by atomic mass is 9.90. The summed E-state index contributed by atoms with van der Waals surface area (Å²) in [5.41, 5.74) is -0.0284. The molecule has 1 saturated heterocycles. The van der Waals surface area contributed by atoms with Crippen molar-refractivity contribution in [2.45, 2.75) is 24.9 Å². The van der Waals surface area contributed by atoms with E-state index in [1.54, 1.807) is 0 Å². The second-order valence-electron chi connectivity index (χ2n) is 4.71. The van der Waals surface area contributed by atoms with Crippen LogP contribution >= 0.6 is 0 Å². The summed E-state index contributed by atoms with van der Waals surface area (Å²) < 4.78 is 27.2. The number of likely N-dealkylation sites (N-methyl/N-ethyl adjacent to an activating group) is 1. The van der Waals surface area contributed by atoms with E-state index >= 15 is 0 Å². The summed E-state index contributed by atoms with van der Waals surface area (Å²) in [6.07, 6.45) is -0.857. The molecule has 0 bridgehead atoms. The van der Waals surface area contributed by atoms with Gasteiger partial charge in [0.25, 0.3) is 0 Å². The van der Waals surface area contributed by atoms with E-state index in [0.29, 0.717) is 0 Å². The molecular formula is C13H14F2N2O3. The van der Waals surface area contributed by atoms with Crippen molar-refractivity contribution in [1.82, 2.24) is 10.2 Å². The SMILES string of the molecule is CN1C(=O)CC[C@H](NC(=O)O)[C@H]1c1cc(F)ccc1F. The molecule has 1 aromatic carbocycles. The maximum Gasteiger partial charge on any atom is 0.404 e. The average molecular weight is 284 g/mol. The largest absolute Gasteiger partial charge is 0.465 e. The minimum atomic E-state index is -1.26. The minimum Gasteiger partial charge on any atom is -0.465 e. The molecule has 5 nitrogen and oxygen atoms in total. The third-order valence-corrected chi connectivity index (χ3v) is 3.45. The first-order valence-electron chi connectivity index (χ1n) is 6.10. The van der Waals surface area contributed by atoms with Crippen molar-refractivity contribution in [1.29, 1.82) is 0 Å². The topological polar surface area (TPSA) is 69.6 Å². The molecule has 0 spiro atoms. The van der Waals surface area contributed by atoms with Crippen LogP contribution in [-0.4, -0.2) is 35.1 Å². The Morgan fingerprint density at radius 1 is 1.45 bits per heavy atom.